The van der Waals surface area contributed by atoms with Crippen molar-refractivity contribution in [2.75, 3.05) is 27.3 Å². The van der Waals surface area contributed by atoms with Crippen molar-refractivity contribution in [3.8, 4) is 35.1 Å². The molecule has 0 saturated heterocycles. The van der Waals surface area contributed by atoms with Crippen LogP contribution >= 0.6 is 0 Å². The van der Waals surface area contributed by atoms with Crippen LogP contribution in [0, 0.1) is 22.7 Å². The Bertz CT molecular complexity index is 1080. The van der Waals surface area contributed by atoms with Crippen molar-refractivity contribution in [3.05, 3.63) is 52.8 Å². The van der Waals surface area contributed by atoms with Crippen LogP contribution in [0.4, 0.5) is 0 Å². The lowest BCUT2D eigenvalue weighted by atomic mass is 10.0. The summed E-state index contributed by atoms with van der Waals surface area (Å²) in [5, 5.41) is 28.3. The van der Waals surface area contributed by atoms with Gasteiger partial charge in [0.25, 0.3) is 0 Å². The molecule has 1 heterocycles. The number of nitrogens with zero attached hydrogens (tertiary/aromatic N) is 3. The number of phenolic OH excluding ortho intramolecular Hbond substituents is 1. The number of Topliss-reactive ketones (excluding diaryl/α,β-unsaturated/α-hetero) is 1. The molecule has 1 N–H and O–H groups in total. The maximum absolute atomic E-state index is 12.9. The van der Waals surface area contributed by atoms with Crippen molar-refractivity contribution in [2.24, 2.45) is 0 Å². The zero-order chi connectivity index (χ0) is 21.7. The molecule has 2 aromatic carbocycles. The minimum atomic E-state index is -0.344. The topological polar surface area (TPSA) is 116 Å². The first kappa shape index (κ1) is 20.7. The molecule has 0 saturated carbocycles. The van der Waals surface area contributed by atoms with Crippen molar-refractivity contribution in [3.63, 3.8) is 0 Å². The number of nitriles is 2. The van der Waals surface area contributed by atoms with Crippen LogP contribution in [0.15, 0.2) is 36.1 Å². The molecule has 2 aromatic rings. The van der Waals surface area contributed by atoms with E-state index in [1.165, 1.54) is 31.3 Å². The first-order chi connectivity index (χ1) is 14.5. The number of benzene rings is 2. The Hall–Kier alpha value is -4.01. The summed E-state index contributed by atoms with van der Waals surface area (Å²) in [6, 6.07) is 12.1. The fraction of sp³-hybridized carbons (Fsp3) is 0.227. The molecule has 0 radical (unpaired) electrons. The third-order valence-electron chi connectivity index (χ3n) is 4.61. The molecule has 3 rings (SSSR count). The fourth-order valence-electron chi connectivity index (χ4n) is 3.21. The van der Waals surface area contributed by atoms with E-state index in [4.69, 9.17) is 24.7 Å². The number of methoxy groups -OCH3 is 2. The fourth-order valence-corrected chi connectivity index (χ4v) is 3.21. The standard InChI is InChI=1S/C22H19N3O5/c1-28-18-5-3-4-14(21(18)29-2)12-19-20(27)15-6-7-17(26)16(22(15)30-19)13-25(10-8-23)11-9-24/h3-7,12,26H,10-11,13H2,1-2H3/b19-12+. The van der Waals surface area contributed by atoms with Gasteiger partial charge in [-0.2, -0.15) is 10.5 Å². The first-order valence-corrected chi connectivity index (χ1v) is 9.00. The van der Waals surface area contributed by atoms with Gasteiger partial charge < -0.3 is 19.3 Å². The number of ether oxygens (including phenoxy) is 3. The maximum Gasteiger partial charge on any atom is 0.231 e. The SMILES string of the molecule is COc1cccc(/C=C2/Oc3c(ccc(O)c3CN(CC#N)CC#N)C2=O)c1OC. The van der Waals surface area contributed by atoms with Crippen LogP contribution in [-0.2, 0) is 6.54 Å². The van der Waals surface area contributed by atoms with E-state index < -0.39 is 0 Å². The van der Waals surface area contributed by atoms with Gasteiger partial charge in [-0.3, -0.25) is 9.69 Å². The number of allylic oxidation sites excluding steroid dienone is 1. The van der Waals surface area contributed by atoms with Gasteiger partial charge in [0.15, 0.2) is 17.3 Å². The summed E-state index contributed by atoms with van der Waals surface area (Å²) >= 11 is 0. The van der Waals surface area contributed by atoms with Crippen LogP contribution in [0.2, 0.25) is 0 Å². The highest BCUT2D eigenvalue weighted by atomic mass is 16.5. The minimum Gasteiger partial charge on any atom is -0.507 e. The van der Waals surface area contributed by atoms with Crippen LogP contribution in [0.5, 0.6) is 23.0 Å². The number of fused-ring (bicyclic) bond motifs is 1. The zero-order valence-corrected chi connectivity index (χ0v) is 16.5. The van der Waals surface area contributed by atoms with Gasteiger partial charge in [-0.25, -0.2) is 0 Å². The normalized spacial score (nSPS) is 13.5. The number of ketones is 1. The Morgan fingerprint density at radius 1 is 1.13 bits per heavy atom. The molecule has 30 heavy (non-hydrogen) atoms. The van der Waals surface area contributed by atoms with Gasteiger partial charge in [0.1, 0.15) is 11.5 Å². The molecule has 152 valence electrons. The average molecular weight is 405 g/mol. The van der Waals surface area contributed by atoms with Gasteiger partial charge >= 0.3 is 0 Å². The van der Waals surface area contributed by atoms with E-state index in [0.29, 0.717) is 28.2 Å². The van der Waals surface area contributed by atoms with E-state index in [1.54, 1.807) is 24.3 Å². The number of hydrogen-bond donors (Lipinski definition) is 1. The zero-order valence-electron chi connectivity index (χ0n) is 16.5. The second-order valence-electron chi connectivity index (χ2n) is 6.42. The van der Waals surface area contributed by atoms with Crippen LogP contribution in [0.1, 0.15) is 21.5 Å². The quantitative estimate of drug-likeness (QED) is 0.552. The van der Waals surface area contributed by atoms with Crippen LogP contribution < -0.4 is 14.2 Å². The van der Waals surface area contributed by atoms with Gasteiger partial charge in [0.05, 0.1) is 50.6 Å². The molecular weight excluding hydrogens is 386 g/mol. The molecular formula is C22H19N3O5. The molecule has 8 heteroatoms. The number of para-hydroxylation sites is 1. The first-order valence-electron chi connectivity index (χ1n) is 9.00. The largest absolute Gasteiger partial charge is 0.507 e. The summed E-state index contributed by atoms with van der Waals surface area (Å²) in [7, 11) is 3.02. The highest BCUT2D eigenvalue weighted by Crippen LogP contribution is 2.41. The molecule has 0 bridgehead atoms. The van der Waals surface area contributed by atoms with E-state index in [1.807, 2.05) is 12.1 Å². The molecule has 0 amide bonds. The van der Waals surface area contributed by atoms with Gasteiger partial charge in [-0.1, -0.05) is 12.1 Å². The lowest BCUT2D eigenvalue weighted by molar-refractivity contribution is 0.101. The Balaban J connectivity index is 2.00. The molecule has 0 aliphatic carbocycles. The monoisotopic (exact) mass is 405 g/mol. The molecule has 0 unspecified atom stereocenters. The number of rotatable bonds is 7. The third kappa shape index (κ3) is 3.90. The Kier molecular flexibility index (Phi) is 6.21. The lowest BCUT2D eigenvalue weighted by Gasteiger charge is -2.17. The predicted octanol–water partition coefficient (Wildman–Crippen LogP) is 2.87. The number of hydrogen-bond acceptors (Lipinski definition) is 8. The van der Waals surface area contributed by atoms with E-state index in [9.17, 15) is 9.90 Å². The summed E-state index contributed by atoms with van der Waals surface area (Å²) in [6.07, 6.45) is 1.55. The molecule has 1 aliphatic heterocycles. The van der Waals surface area contributed by atoms with Crippen molar-refractivity contribution < 1.29 is 24.1 Å². The summed E-state index contributed by atoms with van der Waals surface area (Å²) in [6.45, 7) is 0.0712. The molecule has 0 fully saturated rings. The third-order valence-corrected chi connectivity index (χ3v) is 4.61. The molecule has 0 spiro atoms. The van der Waals surface area contributed by atoms with Crippen molar-refractivity contribution in [1.82, 2.24) is 4.90 Å². The van der Waals surface area contributed by atoms with Crippen molar-refractivity contribution in [2.45, 2.75) is 6.54 Å². The highest BCUT2D eigenvalue weighted by Gasteiger charge is 2.32. The Labute approximate surface area is 173 Å². The number of carbonyl (C=O) groups is 1. The Morgan fingerprint density at radius 3 is 2.50 bits per heavy atom. The average Bonchev–Trinajstić information content (AvgIpc) is 3.05. The van der Waals surface area contributed by atoms with Crippen molar-refractivity contribution in [1.29, 1.82) is 10.5 Å². The number of phenols is 1. The smallest absolute Gasteiger partial charge is 0.231 e. The summed E-state index contributed by atoms with van der Waals surface area (Å²) in [4.78, 5) is 14.4. The van der Waals surface area contributed by atoms with Gasteiger partial charge in [-0.15, -0.1) is 0 Å². The van der Waals surface area contributed by atoms with Gasteiger partial charge in [0.2, 0.25) is 5.78 Å². The molecule has 0 atom stereocenters. The minimum absolute atomic E-state index is 0.00564. The second-order valence-corrected chi connectivity index (χ2v) is 6.42. The molecule has 8 nitrogen and oxygen atoms in total. The summed E-state index contributed by atoms with van der Waals surface area (Å²) < 4.78 is 16.5. The Morgan fingerprint density at radius 2 is 1.87 bits per heavy atom. The summed E-state index contributed by atoms with van der Waals surface area (Å²) in [5.74, 6) is 0.823. The second kappa shape index (κ2) is 8.99. The maximum atomic E-state index is 12.9. The number of aromatic hydroxyl groups is 1. The molecule has 1 aliphatic rings. The van der Waals surface area contributed by atoms with Crippen LogP contribution in [0.3, 0.4) is 0 Å². The van der Waals surface area contributed by atoms with Crippen molar-refractivity contribution >= 4 is 11.9 Å². The van der Waals surface area contributed by atoms with Crippen LogP contribution in [-0.4, -0.2) is 43.1 Å². The van der Waals surface area contributed by atoms with Crippen LogP contribution in [0.25, 0.3) is 6.08 Å². The van der Waals surface area contributed by atoms with E-state index in [-0.39, 0.29) is 42.7 Å². The molecule has 0 aromatic heterocycles. The van der Waals surface area contributed by atoms with E-state index >= 15 is 0 Å². The van der Waals surface area contributed by atoms with E-state index in [2.05, 4.69) is 0 Å². The van der Waals surface area contributed by atoms with Gasteiger partial charge in [0, 0.05) is 12.1 Å². The summed E-state index contributed by atoms with van der Waals surface area (Å²) in [5.41, 5.74) is 1.23. The number of carbonyl (C=O) groups excluding carboxylic acids is 1. The van der Waals surface area contributed by atoms with E-state index in [0.717, 1.165) is 0 Å². The van der Waals surface area contributed by atoms with Gasteiger partial charge in [-0.05, 0) is 24.3 Å². The highest BCUT2D eigenvalue weighted by molar-refractivity contribution is 6.15. The lowest BCUT2D eigenvalue weighted by Crippen LogP contribution is -2.24. The predicted molar refractivity (Wildman–Crippen MR) is 107 cm³/mol.